The van der Waals surface area contributed by atoms with Gasteiger partial charge in [0, 0.05) is 30.1 Å². The van der Waals surface area contributed by atoms with Gasteiger partial charge in [-0.3, -0.25) is 4.79 Å². The van der Waals surface area contributed by atoms with Gasteiger partial charge in [-0.1, -0.05) is 18.2 Å². The van der Waals surface area contributed by atoms with Crippen molar-refractivity contribution in [3.63, 3.8) is 0 Å². The molecule has 148 valence electrons. The van der Waals surface area contributed by atoms with Gasteiger partial charge in [0.15, 0.2) is 0 Å². The van der Waals surface area contributed by atoms with Crippen LogP contribution in [-0.4, -0.2) is 24.0 Å². The van der Waals surface area contributed by atoms with E-state index in [9.17, 15) is 18.0 Å². The maximum Gasteiger partial charge on any atom is 0.416 e. The zero-order chi connectivity index (χ0) is 20.3. The van der Waals surface area contributed by atoms with Crippen LogP contribution in [0.15, 0.2) is 48.7 Å². The number of carbonyl (C=O) groups excluding carboxylic acids is 1. The summed E-state index contributed by atoms with van der Waals surface area (Å²) in [5.41, 5.74) is 2.93. The van der Waals surface area contributed by atoms with Gasteiger partial charge in [-0.15, -0.1) is 0 Å². The van der Waals surface area contributed by atoms with Gasteiger partial charge in [-0.2, -0.15) is 13.2 Å². The number of aromatic amines is 1. The summed E-state index contributed by atoms with van der Waals surface area (Å²) >= 11 is 0. The summed E-state index contributed by atoms with van der Waals surface area (Å²) in [5.74, 6) is -0.137. The van der Waals surface area contributed by atoms with Gasteiger partial charge in [-0.05, 0) is 55.3 Å². The van der Waals surface area contributed by atoms with Gasteiger partial charge in [0.2, 0.25) is 5.91 Å². The molecule has 0 aliphatic rings. The minimum atomic E-state index is -4.32. The second-order valence-corrected chi connectivity index (χ2v) is 6.85. The fourth-order valence-corrected chi connectivity index (χ4v) is 3.26. The highest BCUT2D eigenvalue weighted by atomic mass is 19.4. The number of alkyl halides is 3. The Morgan fingerprint density at radius 1 is 1.07 bits per heavy atom. The number of likely N-dealkylation sites (N-methyl/N-ethyl adjacent to an activating group) is 1. The SMILES string of the molecule is CNC(Cc1ccc(C(F)(F)F)cc1)Cc1ccc2[nH]cc(NC(C)=O)c2c1. The molecule has 1 amide bonds. The Bertz CT molecular complexity index is 961. The molecule has 0 saturated heterocycles. The number of halogens is 3. The molecule has 0 fully saturated rings. The maximum absolute atomic E-state index is 12.7. The molecule has 3 aromatic rings. The average molecular weight is 389 g/mol. The summed E-state index contributed by atoms with van der Waals surface area (Å²) in [4.78, 5) is 14.5. The molecule has 0 aliphatic carbocycles. The first-order valence-electron chi connectivity index (χ1n) is 8.97. The normalized spacial score (nSPS) is 12.9. The lowest BCUT2D eigenvalue weighted by Gasteiger charge is -2.17. The molecule has 0 spiro atoms. The van der Waals surface area contributed by atoms with E-state index in [0.717, 1.165) is 39.8 Å². The third-order valence-electron chi connectivity index (χ3n) is 4.71. The molecule has 1 atom stereocenters. The number of amides is 1. The van der Waals surface area contributed by atoms with Crippen molar-refractivity contribution in [2.45, 2.75) is 32.0 Å². The Morgan fingerprint density at radius 2 is 1.71 bits per heavy atom. The minimum absolute atomic E-state index is 0.0670. The van der Waals surface area contributed by atoms with E-state index in [1.54, 1.807) is 6.20 Å². The molecular formula is C21H22F3N3O. The van der Waals surface area contributed by atoms with Crippen LogP contribution in [0.2, 0.25) is 0 Å². The number of hydrogen-bond acceptors (Lipinski definition) is 2. The molecular weight excluding hydrogens is 367 g/mol. The number of hydrogen-bond donors (Lipinski definition) is 3. The van der Waals surface area contributed by atoms with Crippen LogP contribution in [0, 0.1) is 0 Å². The van der Waals surface area contributed by atoms with E-state index in [-0.39, 0.29) is 11.9 Å². The first-order valence-corrected chi connectivity index (χ1v) is 8.97. The van der Waals surface area contributed by atoms with E-state index in [2.05, 4.69) is 15.6 Å². The highest BCUT2D eigenvalue weighted by molar-refractivity contribution is 6.01. The number of fused-ring (bicyclic) bond motifs is 1. The number of nitrogens with one attached hydrogen (secondary N) is 3. The smallest absolute Gasteiger partial charge is 0.359 e. The minimum Gasteiger partial charge on any atom is -0.359 e. The van der Waals surface area contributed by atoms with Crippen molar-refractivity contribution in [2.24, 2.45) is 0 Å². The van der Waals surface area contributed by atoms with E-state index >= 15 is 0 Å². The van der Waals surface area contributed by atoms with E-state index in [0.29, 0.717) is 12.8 Å². The molecule has 1 aromatic heterocycles. The van der Waals surface area contributed by atoms with Crippen molar-refractivity contribution < 1.29 is 18.0 Å². The van der Waals surface area contributed by atoms with Crippen molar-refractivity contribution in [1.82, 2.24) is 10.3 Å². The lowest BCUT2D eigenvalue weighted by atomic mass is 9.97. The van der Waals surface area contributed by atoms with Crippen molar-refractivity contribution >= 4 is 22.5 Å². The van der Waals surface area contributed by atoms with Crippen molar-refractivity contribution in [3.8, 4) is 0 Å². The number of anilines is 1. The number of carbonyl (C=O) groups is 1. The van der Waals surface area contributed by atoms with Gasteiger partial charge in [0.25, 0.3) is 0 Å². The quantitative estimate of drug-likeness (QED) is 0.581. The molecule has 2 aromatic carbocycles. The fraction of sp³-hybridized carbons (Fsp3) is 0.286. The van der Waals surface area contributed by atoms with Crippen LogP contribution in [0.25, 0.3) is 10.9 Å². The molecule has 0 bridgehead atoms. The predicted octanol–water partition coefficient (Wildman–Crippen LogP) is 4.52. The summed E-state index contributed by atoms with van der Waals surface area (Å²) in [6.45, 7) is 1.46. The van der Waals surface area contributed by atoms with Gasteiger partial charge in [0.05, 0.1) is 11.3 Å². The van der Waals surface area contributed by atoms with E-state index in [1.165, 1.54) is 19.1 Å². The molecule has 0 saturated carbocycles. The van der Waals surface area contributed by atoms with E-state index in [4.69, 9.17) is 0 Å². The highest BCUT2D eigenvalue weighted by Gasteiger charge is 2.30. The Hall–Kier alpha value is -2.80. The van der Waals surface area contributed by atoms with Crippen molar-refractivity contribution in [3.05, 3.63) is 65.4 Å². The number of aromatic nitrogens is 1. The molecule has 1 heterocycles. The Morgan fingerprint density at radius 3 is 2.32 bits per heavy atom. The van der Waals surface area contributed by atoms with Crippen molar-refractivity contribution in [1.29, 1.82) is 0 Å². The first kappa shape index (κ1) is 19.9. The third-order valence-corrected chi connectivity index (χ3v) is 4.71. The maximum atomic E-state index is 12.7. The van der Waals surface area contributed by atoms with Gasteiger partial charge in [-0.25, -0.2) is 0 Å². The van der Waals surface area contributed by atoms with Crippen LogP contribution in [0.5, 0.6) is 0 Å². The largest absolute Gasteiger partial charge is 0.416 e. The standard InChI is InChI=1S/C21H22F3N3O/c1-13(28)27-20-12-26-19-8-5-15(11-18(19)20)10-17(25-2)9-14-3-6-16(7-4-14)21(22,23)24/h3-8,11-12,17,25-26H,9-10H2,1-2H3,(H,27,28). The average Bonchev–Trinajstić information content (AvgIpc) is 3.02. The number of benzene rings is 2. The van der Waals surface area contributed by atoms with Crippen LogP contribution in [-0.2, 0) is 23.8 Å². The Labute approximate surface area is 161 Å². The van der Waals surface area contributed by atoms with E-state index < -0.39 is 11.7 Å². The van der Waals surface area contributed by atoms with Crippen LogP contribution >= 0.6 is 0 Å². The fourth-order valence-electron chi connectivity index (χ4n) is 3.26. The number of H-pyrrole nitrogens is 1. The monoisotopic (exact) mass is 389 g/mol. The second-order valence-electron chi connectivity index (χ2n) is 6.85. The molecule has 3 rings (SSSR count). The molecule has 0 radical (unpaired) electrons. The third kappa shape index (κ3) is 4.72. The zero-order valence-corrected chi connectivity index (χ0v) is 15.7. The summed E-state index contributed by atoms with van der Waals surface area (Å²) in [6.07, 6.45) is -1.25. The lowest BCUT2D eigenvalue weighted by molar-refractivity contribution is -0.137. The van der Waals surface area contributed by atoms with Crippen LogP contribution < -0.4 is 10.6 Å². The molecule has 28 heavy (non-hydrogen) atoms. The zero-order valence-electron chi connectivity index (χ0n) is 15.7. The summed E-state index contributed by atoms with van der Waals surface area (Å²) in [5, 5.41) is 6.96. The van der Waals surface area contributed by atoms with Crippen LogP contribution in [0.1, 0.15) is 23.6 Å². The molecule has 4 nitrogen and oxygen atoms in total. The lowest BCUT2D eigenvalue weighted by Crippen LogP contribution is -2.29. The van der Waals surface area contributed by atoms with Crippen LogP contribution in [0.3, 0.4) is 0 Å². The second kappa shape index (κ2) is 8.06. The van der Waals surface area contributed by atoms with Gasteiger partial charge in [0.1, 0.15) is 0 Å². The predicted molar refractivity (Wildman–Crippen MR) is 104 cm³/mol. The molecule has 0 aliphatic heterocycles. The highest BCUT2D eigenvalue weighted by Crippen LogP contribution is 2.29. The topological polar surface area (TPSA) is 56.9 Å². The molecule has 3 N–H and O–H groups in total. The van der Waals surface area contributed by atoms with Gasteiger partial charge < -0.3 is 15.6 Å². The molecule has 1 unspecified atom stereocenters. The number of rotatable bonds is 6. The van der Waals surface area contributed by atoms with Crippen LogP contribution in [0.4, 0.5) is 18.9 Å². The summed E-state index contributed by atoms with van der Waals surface area (Å²) < 4.78 is 38.1. The van der Waals surface area contributed by atoms with E-state index in [1.807, 2.05) is 25.2 Å². The summed E-state index contributed by atoms with van der Waals surface area (Å²) in [6, 6.07) is 11.3. The summed E-state index contributed by atoms with van der Waals surface area (Å²) in [7, 11) is 1.84. The Kier molecular flexibility index (Phi) is 5.74. The van der Waals surface area contributed by atoms with Crippen molar-refractivity contribution in [2.75, 3.05) is 12.4 Å². The molecule has 7 heteroatoms. The Balaban J connectivity index is 1.74. The van der Waals surface area contributed by atoms with Gasteiger partial charge >= 0.3 is 6.18 Å². The first-order chi connectivity index (χ1) is 13.3.